The van der Waals surface area contributed by atoms with Crippen LogP contribution in [0.25, 0.3) is 0 Å². The van der Waals surface area contributed by atoms with Crippen LogP contribution in [0.15, 0.2) is 72.8 Å². The average Bonchev–Trinajstić information content (AvgIpc) is 2.89. The number of alkyl carbamates (subject to hydrolysis) is 1. The van der Waals surface area contributed by atoms with E-state index in [0.29, 0.717) is 5.56 Å². The number of carbonyl (C=O) groups is 4. The first-order chi connectivity index (χ1) is 18.2. The number of rotatable bonds is 11. The molecule has 0 bridgehead atoms. The lowest BCUT2D eigenvalue weighted by atomic mass is 10.00. The van der Waals surface area contributed by atoms with Gasteiger partial charge >= 0.3 is 12.1 Å². The second kappa shape index (κ2) is 13.7. The van der Waals surface area contributed by atoms with Crippen LogP contribution in [0.3, 0.4) is 0 Å². The van der Waals surface area contributed by atoms with Gasteiger partial charge in [0, 0.05) is 6.42 Å². The Bertz CT molecular complexity index is 1250. The minimum atomic E-state index is -0.978. The molecule has 38 heavy (non-hydrogen) atoms. The van der Waals surface area contributed by atoms with Crippen LogP contribution < -0.4 is 10.6 Å². The van der Waals surface area contributed by atoms with Crippen LogP contribution >= 0.6 is 0 Å². The number of aryl methyl sites for hydroxylation is 3. The summed E-state index contributed by atoms with van der Waals surface area (Å²) in [6, 6.07) is 21.1. The maximum Gasteiger partial charge on any atom is 0.408 e. The molecule has 8 heteroatoms. The van der Waals surface area contributed by atoms with E-state index in [1.54, 1.807) is 0 Å². The minimum absolute atomic E-state index is 0.0517. The molecule has 0 heterocycles. The van der Waals surface area contributed by atoms with Crippen LogP contribution in [0, 0.1) is 20.8 Å². The number of amides is 2. The monoisotopic (exact) mass is 516 g/mol. The minimum Gasteiger partial charge on any atom is -0.454 e. The molecule has 0 aliphatic rings. The number of ketones is 1. The second-order valence-corrected chi connectivity index (χ2v) is 9.05. The van der Waals surface area contributed by atoms with Crippen molar-refractivity contribution in [2.24, 2.45) is 0 Å². The van der Waals surface area contributed by atoms with Gasteiger partial charge in [0.1, 0.15) is 12.6 Å². The maximum atomic E-state index is 12.9. The number of benzene rings is 3. The quantitative estimate of drug-likeness (QED) is 0.373. The van der Waals surface area contributed by atoms with Gasteiger partial charge in [0.25, 0.3) is 0 Å². The summed E-state index contributed by atoms with van der Waals surface area (Å²) in [5.41, 5.74) is 4.61. The fraction of sp³-hybridized carbons (Fsp3) is 0.267. The molecule has 0 saturated carbocycles. The molecule has 2 amide bonds. The van der Waals surface area contributed by atoms with Crippen LogP contribution in [0.4, 0.5) is 4.79 Å². The summed E-state index contributed by atoms with van der Waals surface area (Å²) in [7, 11) is 0. The fourth-order valence-electron chi connectivity index (χ4n) is 4.05. The number of ether oxygens (including phenoxy) is 2. The van der Waals surface area contributed by atoms with E-state index in [1.165, 1.54) is 0 Å². The van der Waals surface area contributed by atoms with Gasteiger partial charge in [-0.2, -0.15) is 0 Å². The number of carbonyl (C=O) groups excluding carboxylic acids is 4. The van der Waals surface area contributed by atoms with E-state index < -0.39 is 36.4 Å². The van der Waals surface area contributed by atoms with E-state index in [-0.39, 0.29) is 19.6 Å². The lowest BCUT2D eigenvalue weighted by Crippen LogP contribution is -2.49. The molecular weight excluding hydrogens is 484 g/mol. The molecule has 8 nitrogen and oxygen atoms in total. The van der Waals surface area contributed by atoms with Gasteiger partial charge in [-0.05, 0) is 43.0 Å². The average molecular weight is 517 g/mol. The Hall–Kier alpha value is -4.46. The number of Topliss-reactive ketones (excluding diaryl/α,β-unsaturated/α-hetero) is 1. The zero-order valence-electron chi connectivity index (χ0n) is 21.8. The van der Waals surface area contributed by atoms with Crippen LogP contribution in [-0.2, 0) is 32.1 Å². The molecule has 0 fully saturated rings. The Labute approximate surface area is 222 Å². The zero-order valence-corrected chi connectivity index (χ0v) is 21.8. The Balaban J connectivity index is 1.54. The normalized spacial score (nSPS) is 11.2. The van der Waals surface area contributed by atoms with Crippen LogP contribution in [0.2, 0.25) is 0 Å². The summed E-state index contributed by atoms with van der Waals surface area (Å²) < 4.78 is 10.4. The molecule has 0 aliphatic heterocycles. The van der Waals surface area contributed by atoms with Crippen molar-refractivity contribution >= 4 is 23.8 Å². The molecule has 3 aromatic carbocycles. The van der Waals surface area contributed by atoms with Crippen molar-refractivity contribution in [3.8, 4) is 0 Å². The number of nitrogens with one attached hydrogen (secondary N) is 2. The molecule has 0 saturated heterocycles. The van der Waals surface area contributed by atoms with Gasteiger partial charge in [-0.3, -0.25) is 9.59 Å². The van der Waals surface area contributed by atoms with E-state index >= 15 is 0 Å². The Morgan fingerprint density at radius 3 is 1.97 bits per heavy atom. The first kappa shape index (κ1) is 28.1. The van der Waals surface area contributed by atoms with Crippen molar-refractivity contribution in [3.63, 3.8) is 0 Å². The standard InChI is InChI=1S/C30H32N2O6/c1-20-14-21(2)27(22(3)15-20)29(35)37-19-25(33)17-31-28(34)26(16-23-10-6-4-7-11-23)32-30(36)38-18-24-12-8-5-9-13-24/h4-15,26H,16-19H2,1-3H3,(H,31,34)(H,32,36)/t26-/m0/s1. The number of hydrogen-bond donors (Lipinski definition) is 2. The smallest absolute Gasteiger partial charge is 0.408 e. The summed E-state index contributed by atoms with van der Waals surface area (Å²) in [6.45, 7) is 4.76. The van der Waals surface area contributed by atoms with E-state index in [1.807, 2.05) is 93.6 Å². The van der Waals surface area contributed by atoms with Gasteiger partial charge in [0.2, 0.25) is 5.91 Å². The summed E-state index contributed by atoms with van der Waals surface area (Å²) in [5.74, 6) is -1.64. The molecule has 1 atom stereocenters. The van der Waals surface area contributed by atoms with Gasteiger partial charge in [0.05, 0.1) is 12.1 Å². The van der Waals surface area contributed by atoms with Crippen LogP contribution in [0.5, 0.6) is 0 Å². The number of hydrogen-bond acceptors (Lipinski definition) is 6. The summed E-state index contributed by atoms with van der Waals surface area (Å²) in [4.78, 5) is 50.2. The van der Waals surface area contributed by atoms with E-state index in [2.05, 4.69) is 10.6 Å². The van der Waals surface area contributed by atoms with Crippen molar-refractivity contribution < 1.29 is 28.7 Å². The molecule has 3 rings (SSSR count). The van der Waals surface area contributed by atoms with Crippen molar-refractivity contribution in [1.82, 2.24) is 10.6 Å². The topological polar surface area (TPSA) is 111 Å². The SMILES string of the molecule is Cc1cc(C)c(C(=O)OCC(=O)CNC(=O)[C@H](Cc2ccccc2)NC(=O)OCc2ccccc2)c(C)c1. The van der Waals surface area contributed by atoms with Crippen molar-refractivity contribution in [2.45, 2.75) is 39.8 Å². The van der Waals surface area contributed by atoms with Gasteiger partial charge in [-0.1, -0.05) is 78.4 Å². The van der Waals surface area contributed by atoms with Crippen molar-refractivity contribution in [1.29, 1.82) is 0 Å². The molecule has 0 unspecified atom stereocenters. The molecule has 0 aliphatic carbocycles. The highest BCUT2D eigenvalue weighted by Crippen LogP contribution is 2.17. The number of esters is 1. The van der Waals surface area contributed by atoms with Crippen molar-refractivity contribution in [2.75, 3.05) is 13.2 Å². The molecule has 0 radical (unpaired) electrons. The van der Waals surface area contributed by atoms with E-state index in [0.717, 1.165) is 27.8 Å². The third kappa shape index (κ3) is 8.58. The van der Waals surface area contributed by atoms with Gasteiger partial charge in [-0.15, -0.1) is 0 Å². The lowest BCUT2D eigenvalue weighted by molar-refractivity contribution is -0.127. The van der Waals surface area contributed by atoms with Gasteiger partial charge in [0.15, 0.2) is 12.4 Å². The van der Waals surface area contributed by atoms with Gasteiger partial charge in [-0.25, -0.2) is 9.59 Å². The third-order valence-corrected chi connectivity index (χ3v) is 5.81. The Kier molecular flexibility index (Phi) is 10.2. The fourth-order valence-corrected chi connectivity index (χ4v) is 4.05. The summed E-state index contributed by atoms with van der Waals surface area (Å²) in [5, 5.41) is 5.10. The summed E-state index contributed by atoms with van der Waals surface area (Å²) in [6.07, 6.45) is -0.559. The molecule has 3 aromatic rings. The van der Waals surface area contributed by atoms with E-state index in [9.17, 15) is 19.2 Å². The van der Waals surface area contributed by atoms with Crippen molar-refractivity contribution in [3.05, 3.63) is 106 Å². The Morgan fingerprint density at radius 2 is 1.37 bits per heavy atom. The highest BCUT2D eigenvalue weighted by molar-refractivity contribution is 5.95. The Morgan fingerprint density at radius 1 is 0.789 bits per heavy atom. The maximum absolute atomic E-state index is 12.9. The predicted molar refractivity (Wildman–Crippen MR) is 143 cm³/mol. The first-order valence-electron chi connectivity index (χ1n) is 12.3. The predicted octanol–water partition coefficient (Wildman–Crippen LogP) is 3.99. The molecule has 0 aromatic heterocycles. The summed E-state index contributed by atoms with van der Waals surface area (Å²) >= 11 is 0. The van der Waals surface area contributed by atoms with Crippen LogP contribution in [-0.4, -0.2) is 42.9 Å². The van der Waals surface area contributed by atoms with Crippen LogP contribution in [0.1, 0.15) is 38.2 Å². The third-order valence-electron chi connectivity index (χ3n) is 5.81. The van der Waals surface area contributed by atoms with E-state index in [4.69, 9.17) is 9.47 Å². The lowest BCUT2D eigenvalue weighted by Gasteiger charge is -2.18. The molecular formula is C30H32N2O6. The molecule has 0 spiro atoms. The second-order valence-electron chi connectivity index (χ2n) is 9.05. The molecule has 2 N–H and O–H groups in total. The zero-order chi connectivity index (χ0) is 27.5. The largest absolute Gasteiger partial charge is 0.454 e. The first-order valence-corrected chi connectivity index (χ1v) is 12.3. The van der Waals surface area contributed by atoms with Gasteiger partial charge < -0.3 is 20.1 Å². The highest BCUT2D eigenvalue weighted by Gasteiger charge is 2.23. The molecule has 198 valence electrons. The highest BCUT2D eigenvalue weighted by atomic mass is 16.5.